The smallest absolute Gasteiger partial charge is 0.243 e. The molecule has 3 heterocycles. The first-order valence-corrected chi connectivity index (χ1v) is 9.96. The van der Waals surface area contributed by atoms with Crippen LogP contribution in [0.5, 0.6) is 0 Å². The molecule has 0 saturated heterocycles. The third-order valence-electron chi connectivity index (χ3n) is 5.13. The van der Waals surface area contributed by atoms with Crippen molar-refractivity contribution >= 4 is 28.3 Å². The van der Waals surface area contributed by atoms with Crippen molar-refractivity contribution in [3.63, 3.8) is 0 Å². The molecule has 30 heavy (non-hydrogen) atoms. The predicted octanol–water partition coefficient (Wildman–Crippen LogP) is 3.63. The second-order valence-corrected chi connectivity index (χ2v) is 7.20. The fraction of sp³-hybridized carbons (Fsp3) is 0.174. The largest absolute Gasteiger partial charge is 0.361 e. The SMILES string of the molecule is O=C(CNc1nc(-c2ccccn2)nc2c1CCC2)Nc1ccc2cccnc2c1. The molecule has 0 bridgehead atoms. The molecule has 2 N–H and O–H groups in total. The average molecular weight is 396 g/mol. The van der Waals surface area contributed by atoms with Crippen molar-refractivity contribution < 1.29 is 4.79 Å². The highest BCUT2D eigenvalue weighted by molar-refractivity contribution is 5.95. The first-order valence-electron chi connectivity index (χ1n) is 9.96. The van der Waals surface area contributed by atoms with Crippen LogP contribution in [0.25, 0.3) is 22.4 Å². The van der Waals surface area contributed by atoms with Gasteiger partial charge in [0, 0.05) is 34.7 Å². The minimum absolute atomic E-state index is 0.116. The van der Waals surface area contributed by atoms with Crippen molar-refractivity contribution in [1.29, 1.82) is 0 Å². The molecule has 1 aliphatic carbocycles. The monoisotopic (exact) mass is 396 g/mol. The minimum Gasteiger partial charge on any atom is -0.361 e. The van der Waals surface area contributed by atoms with Gasteiger partial charge in [0.1, 0.15) is 11.5 Å². The number of pyridine rings is 2. The van der Waals surface area contributed by atoms with Crippen LogP contribution in [0.2, 0.25) is 0 Å². The maximum Gasteiger partial charge on any atom is 0.243 e. The highest BCUT2D eigenvalue weighted by atomic mass is 16.1. The highest BCUT2D eigenvalue weighted by Crippen LogP contribution is 2.28. The van der Waals surface area contributed by atoms with E-state index < -0.39 is 0 Å². The van der Waals surface area contributed by atoms with Gasteiger partial charge in [-0.3, -0.25) is 14.8 Å². The van der Waals surface area contributed by atoms with Gasteiger partial charge in [-0.25, -0.2) is 9.97 Å². The molecule has 4 aromatic rings. The van der Waals surface area contributed by atoms with E-state index in [1.54, 1.807) is 12.4 Å². The summed E-state index contributed by atoms with van der Waals surface area (Å²) in [5.41, 5.74) is 4.42. The summed E-state index contributed by atoms with van der Waals surface area (Å²) >= 11 is 0. The van der Waals surface area contributed by atoms with Gasteiger partial charge in [0.2, 0.25) is 5.91 Å². The number of carbonyl (C=O) groups is 1. The van der Waals surface area contributed by atoms with E-state index in [9.17, 15) is 4.79 Å². The summed E-state index contributed by atoms with van der Waals surface area (Å²) in [5, 5.41) is 7.16. The number of fused-ring (bicyclic) bond motifs is 2. The maximum absolute atomic E-state index is 12.5. The first kappa shape index (κ1) is 18.2. The summed E-state index contributed by atoms with van der Waals surface area (Å²) < 4.78 is 0. The molecule has 7 nitrogen and oxygen atoms in total. The Morgan fingerprint density at radius 1 is 0.967 bits per heavy atom. The maximum atomic E-state index is 12.5. The summed E-state index contributed by atoms with van der Waals surface area (Å²) in [4.78, 5) is 30.6. The van der Waals surface area contributed by atoms with E-state index in [1.165, 1.54) is 0 Å². The van der Waals surface area contributed by atoms with Crippen LogP contribution in [0, 0.1) is 0 Å². The Bertz CT molecular complexity index is 1230. The zero-order valence-corrected chi connectivity index (χ0v) is 16.3. The lowest BCUT2D eigenvalue weighted by Crippen LogP contribution is -2.23. The van der Waals surface area contributed by atoms with Gasteiger partial charge in [-0.1, -0.05) is 18.2 Å². The van der Waals surface area contributed by atoms with Crippen molar-refractivity contribution in [3.05, 3.63) is 72.2 Å². The van der Waals surface area contributed by atoms with E-state index in [1.807, 2.05) is 48.5 Å². The normalized spacial score (nSPS) is 12.5. The number of anilines is 2. The van der Waals surface area contributed by atoms with Gasteiger partial charge >= 0.3 is 0 Å². The molecule has 0 atom stereocenters. The molecule has 3 aromatic heterocycles. The molecule has 1 aliphatic rings. The standard InChI is InChI=1S/C23H20N6O/c30-21(27-16-10-9-15-5-4-12-25-20(15)13-16)14-26-22-17-6-3-8-18(17)28-23(29-22)19-7-1-2-11-24-19/h1-2,4-5,7,9-13H,3,6,8,14H2,(H,27,30)(H,26,28,29). The predicted molar refractivity (Wildman–Crippen MR) is 116 cm³/mol. The third kappa shape index (κ3) is 3.69. The van der Waals surface area contributed by atoms with Crippen LogP contribution in [-0.2, 0) is 17.6 Å². The van der Waals surface area contributed by atoms with Gasteiger partial charge in [0.15, 0.2) is 5.82 Å². The number of nitrogens with one attached hydrogen (secondary N) is 2. The molecule has 0 unspecified atom stereocenters. The molecule has 148 valence electrons. The molecule has 0 fully saturated rings. The molecule has 0 spiro atoms. The number of carbonyl (C=O) groups excluding carboxylic acids is 1. The van der Waals surface area contributed by atoms with E-state index >= 15 is 0 Å². The number of rotatable bonds is 5. The minimum atomic E-state index is -0.143. The van der Waals surface area contributed by atoms with Crippen LogP contribution >= 0.6 is 0 Å². The topological polar surface area (TPSA) is 92.7 Å². The quantitative estimate of drug-likeness (QED) is 0.535. The Morgan fingerprint density at radius 2 is 1.90 bits per heavy atom. The van der Waals surface area contributed by atoms with Crippen molar-refractivity contribution in [3.8, 4) is 11.5 Å². The van der Waals surface area contributed by atoms with E-state index in [-0.39, 0.29) is 12.5 Å². The molecule has 1 amide bonds. The fourth-order valence-electron chi connectivity index (χ4n) is 3.70. The van der Waals surface area contributed by atoms with Gasteiger partial charge < -0.3 is 10.6 Å². The molecular weight excluding hydrogens is 376 g/mol. The molecule has 0 saturated carbocycles. The van der Waals surface area contributed by atoms with Gasteiger partial charge in [-0.05, 0) is 49.6 Å². The van der Waals surface area contributed by atoms with Crippen molar-refractivity contribution in [2.75, 3.05) is 17.2 Å². The Hall–Kier alpha value is -3.87. The Morgan fingerprint density at radius 3 is 2.80 bits per heavy atom. The highest BCUT2D eigenvalue weighted by Gasteiger charge is 2.20. The van der Waals surface area contributed by atoms with E-state index in [0.717, 1.165) is 52.8 Å². The van der Waals surface area contributed by atoms with E-state index in [2.05, 4.69) is 30.6 Å². The number of benzene rings is 1. The Labute approximate surface area is 173 Å². The van der Waals surface area contributed by atoms with Gasteiger partial charge in [-0.2, -0.15) is 0 Å². The lowest BCUT2D eigenvalue weighted by Gasteiger charge is -2.12. The lowest BCUT2D eigenvalue weighted by atomic mass is 10.2. The second kappa shape index (κ2) is 7.87. The van der Waals surface area contributed by atoms with Crippen LogP contribution < -0.4 is 10.6 Å². The summed E-state index contributed by atoms with van der Waals surface area (Å²) in [7, 11) is 0. The van der Waals surface area contributed by atoms with Crippen molar-refractivity contribution in [2.45, 2.75) is 19.3 Å². The molecular formula is C23H20N6O. The first-order chi connectivity index (χ1) is 14.8. The number of nitrogens with zero attached hydrogens (tertiary/aromatic N) is 4. The summed E-state index contributed by atoms with van der Waals surface area (Å²) in [6.45, 7) is 0.116. The number of aryl methyl sites for hydroxylation is 1. The second-order valence-electron chi connectivity index (χ2n) is 7.20. The van der Waals surface area contributed by atoms with Crippen LogP contribution in [0.1, 0.15) is 17.7 Å². The average Bonchev–Trinajstić information content (AvgIpc) is 3.27. The Kier molecular flexibility index (Phi) is 4.77. The van der Waals surface area contributed by atoms with Gasteiger partial charge in [0.25, 0.3) is 0 Å². The van der Waals surface area contributed by atoms with Crippen LogP contribution in [-0.4, -0.2) is 32.4 Å². The third-order valence-corrected chi connectivity index (χ3v) is 5.13. The van der Waals surface area contributed by atoms with Crippen LogP contribution in [0.4, 0.5) is 11.5 Å². The van der Waals surface area contributed by atoms with Gasteiger partial charge in [-0.15, -0.1) is 0 Å². The number of hydrogen-bond acceptors (Lipinski definition) is 6. The molecule has 1 aromatic carbocycles. The zero-order chi connectivity index (χ0) is 20.3. The van der Waals surface area contributed by atoms with Crippen LogP contribution in [0.15, 0.2) is 60.9 Å². The fourth-order valence-corrected chi connectivity index (χ4v) is 3.70. The summed E-state index contributed by atoms with van der Waals surface area (Å²) in [5.74, 6) is 1.16. The van der Waals surface area contributed by atoms with Crippen LogP contribution in [0.3, 0.4) is 0 Å². The van der Waals surface area contributed by atoms with E-state index in [0.29, 0.717) is 11.6 Å². The molecule has 7 heteroatoms. The lowest BCUT2D eigenvalue weighted by molar-refractivity contribution is -0.114. The molecule has 5 rings (SSSR count). The Balaban J connectivity index is 1.33. The van der Waals surface area contributed by atoms with Crippen molar-refractivity contribution in [1.82, 2.24) is 19.9 Å². The number of hydrogen-bond donors (Lipinski definition) is 2. The zero-order valence-electron chi connectivity index (χ0n) is 16.3. The van der Waals surface area contributed by atoms with Crippen molar-refractivity contribution in [2.24, 2.45) is 0 Å². The summed E-state index contributed by atoms with van der Waals surface area (Å²) in [6.07, 6.45) is 6.34. The van der Waals surface area contributed by atoms with E-state index in [4.69, 9.17) is 0 Å². The summed E-state index contributed by atoms with van der Waals surface area (Å²) in [6, 6.07) is 15.2. The molecule has 0 aliphatic heterocycles. The number of amides is 1. The number of aromatic nitrogens is 4. The molecule has 0 radical (unpaired) electrons. The van der Waals surface area contributed by atoms with Gasteiger partial charge in [0.05, 0.1) is 12.1 Å².